The van der Waals surface area contributed by atoms with E-state index in [1.54, 1.807) is 6.92 Å². The average molecular weight is 765 g/mol. The Kier molecular flexibility index (Phi) is 10.3. The van der Waals surface area contributed by atoms with E-state index in [-0.39, 0.29) is 35.9 Å². The monoisotopic (exact) mass is 764 g/mol. The van der Waals surface area contributed by atoms with Gasteiger partial charge >= 0.3 is 5.97 Å². The lowest BCUT2D eigenvalue weighted by atomic mass is 9.46. The predicted octanol–water partition coefficient (Wildman–Crippen LogP) is 1.46. The van der Waals surface area contributed by atoms with Crippen molar-refractivity contribution < 1.29 is 68.6 Å². The van der Waals surface area contributed by atoms with Crippen molar-refractivity contribution in [3.8, 4) is 0 Å². The van der Waals surface area contributed by atoms with E-state index in [2.05, 4.69) is 33.4 Å². The Morgan fingerprint density at radius 1 is 0.944 bits per heavy atom. The highest BCUT2D eigenvalue weighted by Crippen LogP contribution is 2.71. The minimum atomic E-state index is -1.66. The Labute approximate surface area is 316 Å². The first-order chi connectivity index (χ1) is 25.5. The van der Waals surface area contributed by atoms with Gasteiger partial charge in [0, 0.05) is 31.1 Å². The van der Waals surface area contributed by atoms with Crippen molar-refractivity contribution in [2.45, 2.75) is 165 Å². The lowest BCUT2D eigenvalue weighted by Gasteiger charge is -2.60. The molecule has 0 amide bonds. The minimum absolute atomic E-state index is 0.00816. The first kappa shape index (κ1) is 39.3. The average Bonchev–Trinajstić information content (AvgIpc) is 3.57. The molecule has 0 aromatic heterocycles. The number of carbonyl (C=O) groups excluding carboxylic acids is 1. The van der Waals surface area contributed by atoms with E-state index >= 15 is 0 Å². The Morgan fingerprint density at radius 3 is 2.43 bits per heavy atom. The van der Waals surface area contributed by atoms with Gasteiger partial charge in [-0.1, -0.05) is 39.0 Å². The molecule has 1 spiro atoms. The van der Waals surface area contributed by atoms with Gasteiger partial charge in [-0.3, -0.25) is 4.79 Å². The minimum Gasteiger partial charge on any atom is -0.457 e. The van der Waals surface area contributed by atoms with E-state index in [0.717, 1.165) is 36.8 Å². The van der Waals surface area contributed by atoms with Gasteiger partial charge in [0.1, 0.15) is 36.6 Å². The van der Waals surface area contributed by atoms with Crippen LogP contribution in [0.15, 0.2) is 23.8 Å². The number of aliphatic hydroxyl groups excluding tert-OH is 6. The zero-order valence-corrected chi connectivity index (χ0v) is 32.0. The molecule has 4 aliphatic carbocycles. The maximum Gasteiger partial charge on any atom is 0.303 e. The van der Waals surface area contributed by atoms with Gasteiger partial charge in [0.25, 0.3) is 0 Å². The third kappa shape index (κ3) is 6.00. The fourth-order valence-corrected chi connectivity index (χ4v) is 12.7. The molecule has 304 valence electrons. The molecule has 0 unspecified atom stereocenters. The molecule has 0 aromatic carbocycles. The maximum atomic E-state index is 11.6. The van der Waals surface area contributed by atoms with Crippen molar-refractivity contribution in [1.82, 2.24) is 0 Å². The Bertz CT molecular complexity index is 1490. The number of aliphatic hydroxyl groups is 6. The molecule has 14 nitrogen and oxygen atoms in total. The van der Waals surface area contributed by atoms with Gasteiger partial charge in [-0.05, 0) is 73.7 Å². The first-order valence-corrected chi connectivity index (χ1v) is 20.0. The number of esters is 1. The van der Waals surface area contributed by atoms with E-state index in [0.29, 0.717) is 37.7 Å². The number of hydrogen-bond donors (Lipinski definition) is 6. The van der Waals surface area contributed by atoms with E-state index in [4.69, 9.17) is 33.2 Å². The SMILES string of the molecule is C=C1CO[C@@]2(O[C@H]3C[C@H]4[C@@H]5CC=C6C[C@@H](O)C[C@@H](O[C@@H]7OC[C@H](O)[C@H](O)[C@H]7O[C@@H]7O[C@@H](C)[C@H](OC(C)=O)[C@@H](O)[C@H]7O)[C@]6(C)[C@H]5CC[C@]4(C)[C@H]3[C@@H]2C)[C@@H](O)C1. The molecule has 0 radical (unpaired) electrons. The van der Waals surface area contributed by atoms with Crippen LogP contribution in [-0.2, 0) is 38.0 Å². The molecule has 4 aliphatic heterocycles. The summed E-state index contributed by atoms with van der Waals surface area (Å²) in [5, 5.41) is 66.1. The van der Waals surface area contributed by atoms with E-state index in [9.17, 15) is 35.4 Å². The summed E-state index contributed by atoms with van der Waals surface area (Å²) < 4.78 is 43.0. The normalized spacial score (nSPS) is 55.7. The molecule has 14 heteroatoms. The fraction of sp³-hybridized carbons (Fsp3) is 0.875. The zero-order valence-electron chi connectivity index (χ0n) is 32.0. The molecule has 21 atom stereocenters. The topological polar surface area (TPSA) is 203 Å². The second kappa shape index (κ2) is 14.1. The van der Waals surface area contributed by atoms with E-state index in [1.165, 1.54) is 6.92 Å². The smallest absolute Gasteiger partial charge is 0.303 e. The van der Waals surface area contributed by atoms with Crippen molar-refractivity contribution in [3.05, 3.63) is 23.8 Å². The van der Waals surface area contributed by atoms with Crippen LogP contribution in [0, 0.1) is 40.4 Å². The summed E-state index contributed by atoms with van der Waals surface area (Å²) in [6.45, 7) is 13.8. The molecule has 8 rings (SSSR count). The number of carbonyl (C=O) groups is 1. The fourth-order valence-electron chi connectivity index (χ4n) is 12.7. The molecule has 54 heavy (non-hydrogen) atoms. The van der Waals surface area contributed by atoms with E-state index in [1.807, 2.05) is 0 Å². The zero-order chi connectivity index (χ0) is 38.6. The van der Waals surface area contributed by atoms with Crippen LogP contribution in [0.2, 0.25) is 0 Å². The van der Waals surface area contributed by atoms with Crippen molar-refractivity contribution in [2.75, 3.05) is 13.2 Å². The van der Waals surface area contributed by atoms with Gasteiger partial charge in [-0.25, -0.2) is 0 Å². The summed E-state index contributed by atoms with van der Waals surface area (Å²) in [6, 6.07) is 0. The number of fused-ring (bicyclic) bond motifs is 7. The number of allylic oxidation sites excluding steroid dienone is 1. The first-order valence-electron chi connectivity index (χ1n) is 20.0. The van der Waals surface area contributed by atoms with Crippen molar-refractivity contribution >= 4 is 5.97 Å². The third-order valence-electron chi connectivity index (χ3n) is 15.3. The largest absolute Gasteiger partial charge is 0.457 e. The summed E-state index contributed by atoms with van der Waals surface area (Å²) in [5.74, 6) is -0.532. The Morgan fingerprint density at radius 2 is 1.70 bits per heavy atom. The van der Waals surface area contributed by atoms with Crippen molar-refractivity contribution in [1.29, 1.82) is 0 Å². The molecule has 4 saturated heterocycles. The van der Waals surface area contributed by atoms with Gasteiger partial charge in [0.05, 0.1) is 37.6 Å². The standard InChI is InChI=1S/C40H60O14/c1-17-11-28(44)40(49-15-17)18(2)30-27(54-40)14-25-23-8-7-21-12-22(42)13-29(39(21,6)24(23)9-10-38(25,30)5)52-37-35(31(45)26(43)16-48-37)53-36-33(47)32(46)34(19(3)50-36)51-20(4)41/h7,18-19,22-37,42-47H,1,8-16H2,2-6H3/t18-,19-,22+,23+,24-,25-,26-,27-,28-,29+,30-,31-,32-,33+,34-,35+,36-,37-,38-,39-,40-/m0/s1. The summed E-state index contributed by atoms with van der Waals surface area (Å²) in [4.78, 5) is 11.6. The van der Waals surface area contributed by atoms with Crippen LogP contribution in [0.3, 0.4) is 0 Å². The summed E-state index contributed by atoms with van der Waals surface area (Å²) in [7, 11) is 0. The third-order valence-corrected chi connectivity index (χ3v) is 15.3. The highest BCUT2D eigenvalue weighted by Gasteiger charge is 2.71. The quantitative estimate of drug-likeness (QED) is 0.174. The maximum absolute atomic E-state index is 11.6. The van der Waals surface area contributed by atoms with Crippen LogP contribution in [0.4, 0.5) is 0 Å². The molecule has 0 aromatic rings. The molecular weight excluding hydrogens is 704 g/mol. The molecule has 4 heterocycles. The van der Waals surface area contributed by atoms with Crippen LogP contribution in [0.1, 0.15) is 79.6 Å². The Balaban J connectivity index is 1.03. The lowest BCUT2D eigenvalue weighted by molar-refractivity contribution is -0.363. The second-order valence-corrected chi connectivity index (χ2v) is 18.2. The molecule has 7 fully saturated rings. The van der Waals surface area contributed by atoms with Gasteiger partial charge < -0.3 is 63.8 Å². The Hall–Kier alpha value is -1.53. The van der Waals surface area contributed by atoms with Crippen LogP contribution >= 0.6 is 0 Å². The molecule has 6 N–H and O–H groups in total. The summed E-state index contributed by atoms with van der Waals surface area (Å²) >= 11 is 0. The highest BCUT2D eigenvalue weighted by molar-refractivity contribution is 5.66. The molecule has 0 bridgehead atoms. The van der Waals surface area contributed by atoms with Crippen LogP contribution in [0.25, 0.3) is 0 Å². The van der Waals surface area contributed by atoms with Crippen LogP contribution < -0.4 is 0 Å². The van der Waals surface area contributed by atoms with Gasteiger partial charge in [-0.2, -0.15) is 0 Å². The predicted molar refractivity (Wildman–Crippen MR) is 188 cm³/mol. The van der Waals surface area contributed by atoms with Gasteiger partial charge in [0.15, 0.2) is 24.5 Å². The summed E-state index contributed by atoms with van der Waals surface area (Å²) in [6.07, 6.45) is -6.75. The number of rotatable bonds is 5. The van der Waals surface area contributed by atoms with Crippen molar-refractivity contribution in [2.24, 2.45) is 40.4 Å². The summed E-state index contributed by atoms with van der Waals surface area (Å²) in [5.41, 5.74) is 1.50. The van der Waals surface area contributed by atoms with Crippen molar-refractivity contribution in [3.63, 3.8) is 0 Å². The lowest BCUT2D eigenvalue weighted by Crippen LogP contribution is -2.63. The number of ether oxygens (including phenoxy) is 7. The molecular formula is C40H60O14. The highest BCUT2D eigenvalue weighted by atomic mass is 16.8. The second-order valence-electron chi connectivity index (χ2n) is 18.2. The number of hydrogen-bond acceptors (Lipinski definition) is 14. The molecule has 8 aliphatic rings. The molecule has 3 saturated carbocycles. The van der Waals surface area contributed by atoms with Gasteiger partial charge in [0.2, 0.25) is 0 Å². The van der Waals surface area contributed by atoms with Crippen LogP contribution in [-0.4, -0.2) is 135 Å². The van der Waals surface area contributed by atoms with E-state index < -0.39 is 90.8 Å². The van der Waals surface area contributed by atoms with Crippen LogP contribution in [0.5, 0.6) is 0 Å². The van der Waals surface area contributed by atoms with Gasteiger partial charge in [-0.15, -0.1) is 0 Å².